The summed E-state index contributed by atoms with van der Waals surface area (Å²) in [5.41, 5.74) is 1.96. The average Bonchev–Trinajstić information content (AvgIpc) is 3.42. The summed E-state index contributed by atoms with van der Waals surface area (Å²) in [5.74, 6) is 1.45. The maximum atomic E-state index is 13.0. The van der Waals surface area contributed by atoms with Gasteiger partial charge in [-0.1, -0.05) is 78.9 Å². The molecule has 0 spiro atoms. The molecule has 166 valence electrons. The van der Waals surface area contributed by atoms with Crippen LogP contribution >= 0.6 is 11.3 Å². The Morgan fingerprint density at radius 1 is 0.912 bits per heavy atom. The van der Waals surface area contributed by atoms with Gasteiger partial charge in [-0.3, -0.25) is 4.79 Å². The van der Waals surface area contributed by atoms with Gasteiger partial charge in [-0.2, -0.15) is 4.52 Å². The number of methoxy groups -OCH3 is 1. The van der Waals surface area contributed by atoms with E-state index in [0.717, 1.165) is 33.0 Å². The zero-order valence-corrected chi connectivity index (χ0v) is 19.5. The van der Waals surface area contributed by atoms with Gasteiger partial charge in [0.2, 0.25) is 4.96 Å². The minimum Gasteiger partial charge on any atom is -0.497 e. The maximum absolute atomic E-state index is 13.0. The molecule has 4 aromatic carbocycles. The predicted molar refractivity (Wildman–Crippen MR) is 138 cm³/mol. The van der Waals surface area contributed by atoms with E-state index in [1.54, 1.807) is 7.11 Å². The van der Waals surface area contributed by atoms with Crippen LogP contribution in [-0.4, -0.2) is 21.7 Å². The molecule has 6 heteroatoms. The summed E-state index contributed by atoms with van der Waals surface area (Å²) in [5, 5.41) is 9.14. The largest absolute Gasteiger partial charge is 0.497 e. The number of hydrogen-bond acceptors (Lipinski definition) is 5. The Balaban J connectivity index is 1.35. The minimum atomic E-state index is -0.135. The Morgan fingerprint density at radius 3 is 2.47 bits per heavy atom. The predicted octanol–water partition coefficient (Wildman–Crippen LogP) is 5.17. The first kappa shape index (κ1) is 20.6. The lowest BCUT2D eigenvalue weighted by molar-refractivity contribution is 0.415. The van der Waals surface area contributed by atoms with Crippen molar-refractivity contribution in [3.63, 3.8) is 0 Å². The number of fused-ring (bicyclic) bond motifs is 3. The zero-order chi connectivity index (χ0) is 23.2. The smallest absolute Gasteiger partial charge is 0.291 e. The van der Waals surface area contributed by atoms with E-state index in [9.17, 15) is 4.79 Å². The van der Waals surface area contributed by atoms with E-state index < -0.39 is 0 Å². The van der Waals surface area contributed by atoms with Crippen molar-refractivity contribution in [3.8, 4) is 5.75 Å². The second-order valence-electron chi connectivity index (χ2n) is 8.38. The quantitative estimate of drug-likeness (QED) is 0.362. The van der Waals surface area contributed by atoms with E-state index in [0.29, 0.717) is 15.3 Å². The Kier molecular flexibility index (Phi) is 4.89. The Bertz CT molecular complexity index is 1800. The van der Waals surface area contributed by atoms with Crippen molar-refractivity contribution >= 4 is 43.9 Å². The minimum absolute atomic E-state index is 0.0362. The Labute approximate surface area is 199 Å². The van der Waals surface area contributed by atoms with E-state index in [2.05, 4.69) is 54.5 Å². The summed E-state index contributed by atoms with van der Waals surface area (Å²) in [6.07, 6.45) is 1.91. The number of hydrogen-bond donors (Lipinski definition) is 0. The molecular formula is C28H21N3O2S. The van der Waals surface area contributed by atoms with Crippen molar-refractivity contribution in [2.24, 2.45) is 0 Å². The van der Waals surface area contributed by atoms with Gasteiger partial charge in [0.05, 0.1) is 11.6 Å². The molecular weight excluding hydrogens is 442 g/mol. The van der Waals surface area contributed by atoms with Gasteiger partial charge in [-0.05, 0) is 56.9 Å². The molecule has 6 rings (SSSR count). The van der Waals surface area contributed by atoms with E-state index in [1.807, 2.05) is 42.5 Å². The maximum Gasteiger partial charge on any atom is 0.291 e. The lowest BCUT2D eigenvalue weighted by Crippen LogP contribution is -2.24. The molecule has 1 atom stereocenters. The molecule has 0 radical (unpaired) electrons. The van der Waals surface area contributed by atoms with Crippen molar-refractivity contribution in [3.05, 3.63) is 111 Å². The topological polar surface area (TPSA) is 56.5 Å². The number of benzene rings is 4. The lowest BCUT2D eigenvalue weighted by atomic mass is 9.97. The van der Waals surface area contributed by atoms with Crippen molar-refractivity contribution in [1.82, 2.24) is 14.6 Å². The Hall–Kier alpha value is -4.03. The number of nitrogens with zero attached hydrogens (tertiary/aromatic N) is 3. The molecule has 2 heterocycles. The highest BCUT2D eigenvalue weighted by Crippen LogP contribution is 2.28. The van der Waals surface area contributed by atoms with E-state index >= 15 is 0 Å². The molecule has 0 saturated heterocycles. The summed E-state index contributed by atoms with van der Waals surface area (Å²) in [4.78, 5) is 18.3. The highest BCUT2D eigenvalue weighted by atomic mass is 32.1. The average molecular weight is 464 g/mol. The van der Waals surface area contributed by atoms with E-state index in [-0.39, 0.29) is 11.5 Å². The Morgan fingerprint density at radius 2 is 1.65 bits per heavy atom. The standard InChI is InChI=1S/C28H21N3O2S/c1-17(20-9-10-23-16-24(33-2)12-11-22(23)15-20)26-29-28-31(30-26)27(32)25(34-28)14-18-7-8-19-5-3-4-6-21(19)13-18/h3-17H,1-2H3/b25-14-. The summed E-state index contributed by atoms with van der Waals surface area (Å²) < 4.78 is 7.37. The fourth-order valence-corrected chi connectivity index (χ4v) is 5.18. The van der Waals surface area contributed by atoms with Crippen molar-refractivity contribution in [1.29, 1.82) is 0 Å². The first-order valence-electron chi connectivity index (χ1n) is 11.1. The third-order valence-electron chi connectivity index (χ3n) is 6.23. The van der Waals surface area contributed by atoms with Gasteiger partial charge in [0, 0.05) is 5.92 Å². The molecule has 0 fully saturated rings. The molecule has 1 unspecified atom stereocenters. The van der Waals surface area contributed by atoms with Crippen LogP contribution in [0.15, 0.2) is 83.7 Å². The van der Waals surface area contributed by atoms with Gasteiger partial charge in [0.1, 0.15) is 5.75 Å². The van der Waals surface area contributed by atoms with Crippen LogP contribution in [0.2, 0.25) is 0 Å². The molecule has 0 amide bonds. The number of ether oxygens (including phenoxy) is 1. The number of thiazole rings is 1. The van der Waals surface area contributed by atoms with Gasteiger partial charge in [0.25, 0.3) is 5.56 Å². The van der Waals surface area contributed by atoms with Crippen LogP contribution in [0.5, 0.6) is 5.75 Å². The lowest BCUT2D eigenvalue weighted by Gasteiger charge is -2.10. The monoisotopic (exact) mass is 463 g/mol. The highest BCUT2D eigenvalue weighted by Gasteiger charge is 2.17. The molecule has 34 heavy (non-hydrogen) atoms. The third-order valence-corrected chi connectivity index (χ3v) is 7.19. The van der Waals surface area contributed by atoms with Crippen LogP contribution in [0.25, 0.3) is 32.6 Å². The molecule has 0 aliphatic heterocycles. The zero-order valence-electron chi connectivity index (χ0n) is 18.7. The molecule has 5 nitrogen and oxygen atoms in total. The van der Waals surface area contributed by atoms with Crippen LogP contribution in [0.3, 0.4) is 0 Å². The van der Waals surface area contributed by atoms with Crippen LogP contribution in [-0.2, 0) is 0 Å². The van der Waals surface area contributed by atoms with Crippen LogP contribution in [0.4, 0.5) is 0 Å². The van der Waals surface area contributed by atoms with Crippen LogP contribution in [0, 0.1) is 0 Å². The molecule has 0 aliphatic rings. The number of aromatic nitrogens is 3. The highest BCUT2D eigenvalue weighted by molar-refractivity contribution is 7.15. The van der Waals surface area contributed by atoms with Gasteiger partial charge < -0.3 is 4.74 Å². The molecule has 0 aliphatic carbocycles. The van der Waals surface area contributed by atoms with Gasteiger partial charge in [-0.25, -0.2) is 4.98 Å². The van der Waals surface area contributed by atoms with Crippen LogP contribution < -0.4 is 14.8 Å². The first-order valence-corrected chi connectivity index (χ1v) is 11.9. The van der Waals surface area contributed by atoms with Gasteiger partial charge in [-0.15, -0.1) is 5.10 Å². The second kappa shape index (κ2) is 8.08. The SMILES string of the molecule is COc1ccc2cc(C(C)c3nc4s/c(=C\c5ccc6ccccc6c5)c(=O)n4n3)ccc2c1. The summed E-state index contributed by atoms with van der Waals surface area (Å²) in [7, 11) is 1.67. The van der Waals surface area contributed by atoms with Gasteiger partial charge in [0.15, 0.2) is 5.82 Å². The van der Waals surface area contributed by atoms with Crippen molar-refractivity contribution in [2.75, 3.05) is 7.11 Å². The van der Waals surface area contributed by atoms with Crippen LogP contribution in [0.1, 0.15) is 29.8 Å². The van der Waals surface area contributed by atoms with Gasteiger partial charge >= 0.3 is 0 Å². The molecule has 0 N–H and O–H groups in total. The summed E-state index contributed by atoms with van der Waals surface area (Å²) in [6.45, 7) is 2.07. The van der Waals surface area contributed by atoms with E-state index in [1.165, 1.54) is 21.2 Å². The van der Waals surface area contributed by atoms with Crippen molar-refractivity contribution < 1.29 is 4.74 Å². The molecule has 0 bridgehead atoms. The molecule has 0 saturated carbocycles. The number of rotatable bonds is 4. The second-order valence-corrected chi connectivity index (χ2v) is 9.39. The fraction of sp³-hybridized carbons (Fsp3) is 0.107. The fourth-order valence-electron chi connectivity index (χ4n) is 4.27. The van der Waals surface area contributed by atoms with E-state index in [4.69, 9.17) is 9.72 Å². The first-order chi connectivity index (χ1) is 16.6. The summed E-state index contributed by atoms with van der Waals surface area (Å²) >= 11 is 1.37. The molecule has 6 aromatic rings. The summed E-state index contributed by atoms with van der Waals surface area (Å²) in [6, 6.07) is 26.7. The molecule has 2 aromatic heterocycles. The normalized spacial score (nSPS) is 13.2. The van der Waals surface area contributed by atoms with Crippen molar-refractivity contribution in [2.45, 2.75) is 12.8 Å². The third kappa shape index (κ3) is 3.53.